The first-order valence-electron chi connectivity index (χ1n) is 5.62. The molecule has 1 heterocycles. The molecule has 1 aromatic rings. The quantitative estimate of drug-likeness (QED) is 0.782. The second kappa shape index (κ2) is 6.80. The van der Waals surface area contributed by atoms with Crippen LogP contribution in [-0.2, 0) is 10.0 Å². The van der Waals surface area contributed by atoms with Gasteiger partial charge in [0, 0.05) is 12.1 Å². The molecule has 1 N–H and O–H groups in total. The van der Waals surface area contributed by atoms with Gasteiger partial charge in [-0.25, -0.2) is 13.4 Å². The van der Waals surface area contributed by atoms with E-state index in [-0.39, 0.29) is 17.6 Å². The van der Waals surface area contributed by atoms with E-state index in [4.69, 9.17) is 16.3 Å². The molecule has 0 saturated carbocycles. The summed E-state index contributed by atoms with van der Waals surface area (Å²) in [6.07, 6.45) is 1.55. The van der Waals surface area contributed by atoms with E-state index in [0.717, 1.165) is 0 Å². The van der Waals surface area contributed by atoms with Crippen molar-refractivity contribution in [3.8, 4) is 5.88 Å². The molecule has 0 bridgehead atoms. The lowest BCUT2D eigenvalue weighted by molar-refractivity contribution is 0.329. The number of hydrogen-bond acceptors (Lipinski definition) is 4. The predicted octanol–water partition coefficient (Wildman–Crippen LogP) is 2.10. The Morgan fingerprint density at radius 2 is 2.28 bits per heavy atom. The molecule has 0 aliphatic heterocycles. The molecule has 0 spiro atoms. The van der Waals surface area contributed by atoms with Crippen molar-refractivity contribution in [1.29, 1.82) is 0 Å². The molecule has 1 rings (SSSR count). The van der Waals surface area contributed by atoms with Gasteiger partial charge in [0.05, 0.1) is 12.4 Å². The molecule has 1 atom stereocenters. The molecule has 5 nitrogen and oxygen atoms in total. The first kappa shape index (κ1) is 15.0. The number of rotatable bonds is 7. The van der Waals surface area contributed by atoms with E-state index >= 15 is 0 Å². The van der Waals surface area contributed by atoms with Gasteiger partial charge >= 0.3 is 0 Å². The summed E-state index contributed by atoms with van der Waals surface area (Å²) in [5.74, 6) is 0.432. The van der Waals surface area contributed by atoms with Crippen molar-refractivity contribution in [3.05, 3.63) is 18.3 Å². The second-order valence-corrected chi connectivity index (χ2v) is 6.01. The SMILES string of the molecule is CCOc1ncccc1NS(=O)(=O)CC(C)CCl. The summed E-state index contributed by atoms with van der Waals surface area (Å²) < 4.78 is 31.5. The Hall–Kier alpha value is -1.01. The summed E-state index contributed by atoms with van der Waals surface area (Å²) in [7, 11) is -3.44. The molecule has 1 unspecified atom stereocenters. The average Bonchev–Trinajstić information content (AvgIpc) is 2.31. The fraction of sp³-hybridized carbons (Fsp3) is 0.545. The average molecular weight is 293 g/mol. The Labute approximate surface area is 113 Å². The Kier molecular flexibility index (Phi) is 5.68. The molecule has 0 fully saturated rings. The first-order chi connectivity index (χ1) is 8.48. The van der Waals surface area contributed by atoms with E-state index in [1.54, 1.807) is 25.3 Å². The molecule has 0 radical (unpaired) electrons. The zero-order valence-corrected chi connectivity index (χ0v) is 12.0. The van der Waals surface area contributed by atoms with Gasteiger partial charge in [-0.05, 0) is 25.0 Å². The molecular weight excluding hydrogens is 276 g/mol. The topological polar surface area (TPSA) is 68.3 Å². The van der Waals surface area contributed by atoms with Crippen molar-refractivity contribution in [1.82, 2.24) is 4.98 Å². The minimum atomic E-state index is -3.44. The summed E-state index contributed by atoms with van der Waals surface area (Å²) in [5, 5.41) is 0. The van der Waals surface area contributed by atoms with Crippen molar-refractivity contribution in [2.75, 3.05) is 23.0 Å². The number of hydrogen-bond donors (Lipinski definition) is 1. The Balaban J connectivity index is 2.83. The fourth-order valence-corrected chi connectivity index (χ4v) is 3.03. The summed E-state index contributed by atoms with van der Waals surface area (Å²) in [4.78, 5) is 3.98. The maximum atomic E-state index is 11.9. The van der Waals surface area contributed by atoms with Crippen LogP contribution in [0.15, 0.2) is 18.3 Å². The zero-order chi connectivity index (χ0) is 13.6. The van der Waals surface area contributed by atoms with Gasteiger partial charge < -0.3 is 4.74 Å². The van der Waals surface area contributed by atoms with Gasteiger partial charge in [0.25, 0.3) is 0 Å². The number of pyridine rings is 1. The minimum Gasteiger partial charge on any atom is -0.476 e. The van der Waals surface area contributed by atoms with Crippen LogP contribution in [0.3, 0.4) is 0 Å². The van der Waals surface area contributed by atoms with Crippen molar-refractivity contribution < 1.29 is 13.2 Å². The van der Waals surface area contributed by atoms with Crippen LogP contribution in [0.5, 0.6) is 5.88 Å². The van der Waals surface area contributed by atoms with Crippen LogP contribution in [-0.4, -0.2) is 31.6 Å². The first-order valence-corrected chi connectivity index (χ1v) is 7.81. The summed E-state index contributed by atoms with van der Waals surface area (Å²) in [6, 6.07) is 3.26. The minimum absolute atomic E-state index is 0.0308. The Bertz CT molecular complexity index is 479. The highest BCUT2D eigenvalue weighted by atomic mass is 35.5. The number of ether oxygens (including phenoxy) is 1. The third-order valence-electron chi connectivity index (χ3n) is 2.09. The van der Waals surface area contributed by atoms with Gasteiger partial charge in [-0.2, -0.15) is 0 Å². The molecular formula is C11H17ClN2O3S. The Morgan fingerprint density at radius 3 is 2.89 bits per heavy atom. The van der Waals surface area contributed by atoms with Crippen LogP contribution in [0.2, 0.25) is 0 Å². The van der Waals surface area contributed by atoms with Gasteiger partial charge in [-0.15, -0.1) is 11.6 Å². The highest BCUT2D eigenvalue weighted by molar-refractivity contribution is 7.92. The van der Waals surface area contributed by atoms with E-state index in [2.05, 4.69) is 9.71 Å². The summed E-state index contributed by atoms with van der Waals surface area (Å²) >= 11 is 5.61. The standard InChI is InChI=1S/C11H17ClN2O3S/c1-3-17-11-10(5-4-6-13-11)14-18(15,16)8-9(2)7-12/h4-6,9,14H,3,7-8H2,1-2H3. The van der Waals surface area contributed by atoms with Gasteiger partial charge in [0.2, 0.25) is 15.9 Å². The molecule has 0 aliphatic carbocycles. The van der Waals surface area contributed by atoms with Crippen molar-refractivity contribution >= 4 is 27.3 Å². The molecule has 102 valence electrons. The van der Waals surface area contributed by atoms with Gasteiger partial charge in [-0.1, -0.05) is 6.92 Å². The van der Waals surface area contributed by atoms with Gasteiger partial charge in [-0.3, -0.25) is 4.72 Å². The zero-order valence-electron chi connectivity index (χ0n) is 10.4. The molecule has 0 saturated heterocycles. The Morgan fingerprint density at radius 1 is 1.56 bits per heavy atom. The number of sulfonamides is 1. The van der Waals surface area contributed by atoms with Crippen molar-refractivity contribution in [2.45, 2.75) is 13.8 Å². The van der Waals surface area contributed by atoms with Gasteiger partial charge in [0.1, 0.15) is 5.69 Å². The number of anilines is 1. The van der Waals surface area contributed by atoms with E-state index < -0.39 is 10.0 Å². The molecule has 7 heteroatoms. The third kappa shape index (κ3) is 4.70. The van der Waals surface area contributed by atoms with Crippen LogP contribution in [0, 0.1) is 5.92 Å². The smallest absolute Gasteiger partial charge is 0.238 e. The van der Waals surface area contributed by atoms with E-state index in [9.17, 15) is 8.42 Å². The number of nitrogens with zero attached hydrogens (tertiary/aromatic N) is 1. The van der Waals surface area contributed by atoms with Crippen LogP contribution in [0.4, 0.5) is 5.69 Å². The molecule has 18 heavy (non-hydrogen) atoms. The van der Waals surface area contributed by atoms with Crippen LogP contribution >= 0.6 is 11.6 Å². The van der Waals surface area contributed by atoms with Crippen LogP contribution in [0.1, 0.15) is 13.8 Å². The normalized spacial score (nSPS) is 13.1. The molecule has 0 amide bonds. The van der Waals surface area contributed by atoms with Gasteiger partial charge in [0.15, 0.2) is 0 Å². The maximum absolute atomic E-state index is 11.9. The lowest BCUT2D eigenvalue weighted by Crippen LogP contribution is -2.22. The predicted molar refractivity (Wildman–Crippen MR) is 72.7 cm³/mol. The van der Waals surface area contributed by atoms with Crippen molar-refractivity contribution in [2.24, 2.45) is 5.92 Å². The third-order valence-corrected chi connectivity index (χ3v) is 4.15. The maximum Gasteiger partial charge on any atom is 0.238 e. The molecule has 0 aromatic carbocycles. The monoisotopic (exact) mass is 292 g/mol. The van der Waals surface area contributed by atoms with E-state index in [1.807, 2.05) is 6.92 Å². The number of alkyl halides is 1. The summed E-state index contributed by atoms with van der Waals surface area (Å²) in [6.45, 7) is 4.01. The lowest BCUT2D eigenvalue weighted by Gasteiger charge is -2.13. The largest absolute Gasteiger partial charge is 0.476 e. The number of nitrogens with one attached hydrogen (secondary N) is 1. The van der Waals surface area contributed by atoms with Crippen molar-refractivity contribution in [3.63, 3.8) is 0 Å². The van der Waals surface area contributed by atoms with E-state index in [1.165, 1.54) is 0 Å². The number of aromatic nitrogens is 1. The molecule has 1 aromatic heterocycles. The van der Waals surface area contributed by atoms with E-state index in [0.29, 0.717) is 18.2 Å². The lowest BCUT2D eigenvalue weighted by atomic mass is 10.3. The summed E-state index contributed by atoms with van der Waals surface area (Å²) in [5.41, 5.74) is 0.348. The highest BCUT2D eigenvalue weighted by Crippen LogP contribution is 2.22. The highest BCUT2D eigenvalue weighted by Gasteiger charge is 2.17. The number of halogens is 1. The van der Waals surface area contributed by atoms with Crippen LogP contribution < -0.4 is 9.46 Å². The van der Waals surface area contributed by atoms with Crippen LogP contribution in [0.25, 0.3) is 0 Å². The molecule has 0 aliphatic rings. The second-order valence-electron chi connectivity index (χ2n) is 3.93. The fourth-order valence-electron chi connectivity index (χ4n) is 1.35.